The van der Waals surface area contributed by atoms with Crippen LogP contribution in [0.15, 0.2) is 42.1 Å². The summed E-state index contributed by atoms with van der Waals surface area (Å²) < 4.78 is 0. The Bertz CT molecular complexity index is 378. The second kappa shape index (κ2) is 4.11. The molecule has 1 aliphatic heterocycles. The average molecular weight is 186 g/mol. The minimum atomic E-state index is 0.675. The van der Waals surface area contributed by atoms with Crippen LogP contribution in [0.25, 0.3) is 6.08 Å². The maximum atomic E-state index is 5.53. The maximum absolute atomic E-state index is 5.53. The Morgan fingerprint density at radius 1 is 1.21 bits per heavy atom. The lowest BCUT2D eigenvalue weighted by Crippen LogP contribution is -2.06. The van der Waals surface area contributed by atoms with Crippen LogP contribution in [-0.4, -0.2) is 6.54 Å². The summed E-state index contributed by atoms with van der Waals surface area (Å²) in [6, 6.07) is 8.25. The van der Waals surface area contributed by atoms with Gasteiger partial charge in [0.2, 0.25) is 0 Å². The molecule has 0 aromatic heterocycles. The molecule has 1 aliphatic rings. The Labute approximate surface area is 84.1 Å². The fraction of sp³-hybridized carbons (Fsp3) is 0.167. The predicted molar refractivity (Wildman–Crippen MR) is 60.9 cm³/mol. The molecule has 72 valence electrons. The molecule has 0 aliphatic carbocycles. The Morgan fingerprint density at radius 2 is 2.07 bits per heavy atom. The van der Waals surface area contributed by atoms with Crippen molar-refractivity contribution in [1.29, 1.82) is 0 Å². The number of hydrogen-bond donors (Lipinski definition) is 2. The van der Waals surface area contributed by atoms with E-state index in [9.17, 15) is 0 Å². The number of allylic oxidation sites excluding steroid dienone is 2. The maximum Gasteiger partial charge on any atom is 0.0455 e. The van der Waals surface area contributed by atoms with E-state index in [0.29, 0.717) is 6.54 Å². The lowest BCUT2D eigenvalue weighted by atomic mass is 10.2. The molecule has 3 N–H and O–H groups in total. The highest BCUT2D eigenvalue weighted by Crippen LogP contribution is 2.21. The molecule has 2 heteroatoms. The standard InChI is InChI=1S/C12H14N2/c13-9-8-11-6-3-5-10-4-1-2-7-12(10)14-11/h1-7,14H,8-9,13H2. The number of fused-ring (bicyclic) bond motifs is 1. The van der Waals surface area contributed by atoms with E-state index < -0.39 is 0 Å². The number of nitrogens with two attached hydrogens (primary N) is 1. The Balaban J connectivity index is 2.28. The second-order valence-corrected chi connectivity index (χ2v) is 3.30. The molecule has 2 rings (SSSR count). The van der Waals surface area contributed by atoms with Gasteiger partial charge in [-0.15, -0.1) is 0 Å². The number of benzene rings is 1. The molecular formula is C12H14N2. The van der Waals surface area contributed by atoms with Crippen LogP contribution in [-0.2, 0) is 0 Å². The minimum absolute atomic E-state index is 0.675. The summed E-state index contributed by atoms with van der Waals surface area (Å²) in [4.78, 5) is 0. The molecule has 0 amide bonds. The molecule has 0 spiro atoms. The highest BCUT2D eigenvalue weighted by molar-refractivity contribution is 5.70. The lowest BCUT2D eigenvalue weighted by Gasteiger charge is -2.10. The van der Waals surface area contributed by atoms with Crippen molar-refractivity contribution in [2.75, 3.05) is 11.9 Å². The van der Waals surface area contributed by atoms with Gasteiger partial charge in [-0.3, -0.25) is 0 Å². The van der Waals surface area contributed by atoms with Gasteiger partial charge in [-0.2, -0.15) is 0 Å². The normalized spacial score (nSPS) is 13.9. The topological polar surface area (TPSA) is 38.0 Å². The van der Waals surface area contributed by atoms with E-state index in [-0.39, 0.29) is 0 Å². The van der Waals surface area contributed by atoms with Gasteiger partial charge in [0.05, 0.1) is 0 Å². The number of para-hydroxylation sites is 1. The first-order valence-electron chi connectivity index (χ1n) is 4.83. The summed E-state index contributed by atoms with van der Waals surface area (Å²) >= 11 is 0. The van der Waals surface area contributed by atoms with Gasteiger partial charge in [0, 0.05) is 11.4 Å². The molecule has 1 aromatic rings. The minimum Gasteiger partial charge on any atom is -0.358 e. The van der Waals surface area contributed by atoms with Crippen molar-refractivity contribution in [1.82, 2.24) is 0 Å². The molecule has 0 fully saturated rings. The van der Waals surface area contributed by atoms with Gasteiger partial charge in [-0.05, 0) is 30.7 Å². The zero-order valence-corrected chi connectivity index (χ0v) is 8.03. The van der Waals surface area contributed by atoms with Crippen LogP contribution in [0.4, 0.5) is 5.69 Å². The summed E-state index contributed by atoms with van der Waals surface area (Å²) in [6.45, 7) is 0.675. The lowest BCUT2D eigenvalue weighted by molar-refractivity contribution is 0.955. The fourth-order valence-electron chi connectivity index (χ4n) is 1.54. The van der Waals surface area contributed by atoms with Gasteiger partial charge >= 0.3 is 0 Å². The highest BCUT2D eigenvalue weighted by Gasteiger charge is 2.03. The zero-order valence-electron chi connectivity index (χ0n) is 8.03. The molecule has 1 aromatic carbocycles. The van der Waals surface area contributed by atoms with Crippen LogP contribution in [0, 0.1) is 0 Å². The quantitative estimate of drug-likeness (QED) is 0.744. The largest absolute Gasteiger partial charge is 0.358 e. The Kier molecular flexibility index (Phi) is 2.65. The average Bonchev–Trinajstić information content (AvgIpc) is 2.40. The van der Waals surface area contributed by atoms with E-state index in [1.54, 1.807) is 0 Å². The fourth-order valence-corrected chi connectivity index (χ4v) is 1.54. The summed E-state index contributed by atoms with van der Waals surface area (Å²) in [6.07, 6.45) is 7.13. The number of hydrogen-bond acceptors (Lipinski definition) is 2. The predicted octanol–water partition coefficient (Wildman–Crippen LogP) is 2.36. The van der Waals surface area contributed by atoms with E-state index in [1.807, 2.05) is 12.1 Å². The Morgan fingerprint density at radius 3 is 2.93 bits per heavy atom. The molecule has 2 nitrogen and oxygen atoms in total. The van der Waals surface area contributed by atoms with Crippen molar-refractivity contribution in [2.24, 2.45) is 5.73 Å². The molecule has 1 heterocycles. The van der Waals surface area contributed by atoms with Crippen LogP contribution in [0.1, 0.15) is 12.0 Å². The third-order valence-electron chi connectivity index (χ3n) is 2.24. The molecular weight excluding hydrogens is 172 g/mol. The van der Waals surface area contributed by atoms with Gasteiger partial charge in [-0.1, -0.05) is 30.4 Å². The summed E-state index contributed by atoms with van der Waals surface area (Å²) in [5, 5.41) is 3.38. The third-order valence-corrected chi connectivity index (χ3v) is 2.24. The molecule has 14 heavy (non-hydrogen) atoms. The molecule has 0 bridgehead atoms. The first-order chi connectivity index (χ1) is 6.90. The monoisotopic (exact) mass is 186 g/mol. The molecule has 0 atom stereocenters. The third kappa shape index (κ3) is 1.86. The van der Waals surface area contributed by atoms with Crippen molar-refractivity contribution in [3.63, 3.8) is 0 Å². The van der Waals surface area contributed by atoms with Gasteiger partial charge in [0.25, 0.3) is 0 Å². The smallest absolute Gasteiger partial charge is 0.0455 e. The van der Waals surface area contributed by atoms with Crippen LogP contribution >= 0.6 is 0 Å². The molecule has 0 radical (unpaired) electrons. The van der Waals surface area contributed by atoms with E-state index in [4.69, 9.17) is 5.73 Å². The van der Waals surface area contributed by atoms with Crippen molar-refractivity contribution in [2.45, 2.75) is 6.42 Å². The van der Waals surface area contributed by atoms with Crippen molar-refractivity contribution in [3.05, 3.63) is 47.7 Å². The number of rotatable bonds is 2. The molecule has 0 saturated carbocycles. The van der Waals surface area contributed by atoms with Crippen molar-refractivity contribution < 1.29 is 0 Å². The summed E-state index contributed by atoms with van der Waals surface area (Å²) in [5.74, 6) is 0. The van der Waals surface area contributed by atoms with Gasteiger partial charge in [0.1, 0.15) is 0 Å². The summed E-state index contributed by atoms with van der Waals surface area (Å²) in [7, 11) is 0. The van der Waals surface area contributed by atoms with Gasteiger partial charge < -0.3 is 11.1 Å². The SMILES string of the molecule is NCCC1=CC=Cc2ccccc2N1. The van der Waals surface area contributed by atoms with Crippen LogP contribution < -0.4 is 11.1 Å². The molecule has 0 unspecified atom stereocenters. The van der Waals surface area contributed by atoms with Crippen molar-refractivity contribution >= 4 is 11.8 Å². The zero-order chi connectivity index (χ0) is 9.80. The summed E-state index contributed by atoms with van der Waals surface area (Å²) in [5.41, 5.74) is 9.07. The second-order valence-electron chi connectivity index (χ2n) is 3.30. The van der Waals surface area contributed by atoms with Crippen LogP contribution in [0.5, 0.6) is 0 Å². The van der Waals surface area contributed by atoms with E-state index in [0.717, 1.165) is 12.1 Å². The highest BCUT2D eigenvalue weighted by atomic mass is 14.9. The first-order valence-corrected chi connectivity index (χ1v) is 4.83. The van der Waals surface area contributed by atoms with Crippen molar-refractivity contribution in [3.8, 4) is 0 Å². The van der Waals surface area contributed by atoms with Crippen LogP contribution in [0.3, 0.4) is 0 Å². The first kappa shape index (κ1) is 9.03. The van der Waals surface area contributed by atoms with Gasteiger partial charge in [-0.25, -0.2) is 0 Å². The van der Waals surface area contributed by atoms with E-state index in [2.05, 4.69) is 35.7 Å². The van der Waals surface area contributed by atoms with Crippen LogP contribution in [0.2, 0.25) is 0 Å². The number of anilines is 1. The van der Waals surface area contributed by atoms with E-state index in [1.165, 1.54) is 11.3 Å². The van der Waals surface area contributed by atoms with Gasteiger partial charge in [0.15, 0.2) is 0 Å². The number of nitrogens with one attached hydrogen (secondary N) is 1. The Hall–Kier alpha value is -1.54. The molecule has 0 saturated heterocycles. The van der Waals surface area contributed by atoms with E-state index >= 15 is 0 Å².